The maximum Gasteiger partial charge on any atom is 0.122 e. The van der Waals surface area contributed by atoms with Gasteiger partial charge >= 0.3 is 0 Å². The van der Waals surface area contributed by atoms with Gasteiger partial charge in [-0.25, -0.2) is 0 Å². The van der Waals surface area contributed by atoms with Gasteiger partial charge in [0, 0.05) is 12.6 Å². The summed E-state index contributed by atoms with van der Waals surface area (Å²) in [4.78, 5) is 0. The van der Waals surface area contributed by atoms with E-state index in [0.29, 0.717) is 12.0 Å². The summed E-state index contributed by atoms with van der Waals surface area (Å²) in [6.07, 6.45) is 4.62. The molecular formula is C17H27NO2. The average molecular weight is 277 g/mol. The van der Waals surface area contributed by atoms with Gasteiger partial charge in [0.05, 0.1) is 13.7 Å². The predicted octanol–water partition coefficient (Wildman–Crippen LogP) is 3.03. The van der Waals surface area contributed by atoms with Gasteiger partial charge < -0.3 is 14.8 Å². The lowest BCUT2D eigenvalue weighted by Crippen LogP contribution is -2.42. The van der Waals surface area contributed by atoms with Crippen LogP contribution in [0.15, 0.2) is 24.3 Å². The van der Waals surface area contributed by atoms with Gasteiger partial charge in [-0.05, 0) is 49.8 Å². The lowest BCUT2D eigenvalue weighted by molar-refractivity contribution is 0.0392. The first-order valence-corrected chi connectivity index (χ1v) is 7.78. The summed E-state index contributed by atoms with van der Waals surface area (Å²) in [7, 11) is 1.75. The molecule has 3 nitrogen and oxygen atoms in total. The van der Waals surface area contributed by atoms with Gasteiger partial charge in [0.1, 0.15) is 5.75 Å². The molecule has 0 saturated carbocycles. The van der Waals surface area contributed by atoms with Crippen LogP contribution in [0.2, 0.25) is 0 Å². The fourth-order valence-corrected chi connectivity index (χ4v) is 2.93. The van der Waals surface area contributed by atoms with Crippen LogP contribution in [-0.2, 0) is 11.2 Å². The molecular weight excluding hydrogens is 250 g/mol. The van der Waals surface area contributed by atoms with Gasteiger partial charge in [0.25, 0.3) is 0 Å². The third-order valence-corrected chi connectivity index (χ3v) is 4.05. The molecule has 3 heteroatoms. The van der Waals surface area contributed by atoms with E-state index in [1.54, 1.807) is 7.11 Å². The summed E-state index contributed by atoms with van der Waals surface area (Å²) >= 11 is 0. The highest BCUT2D eigenvalue weighted by Gasteiger charge is 2.24. The Balaban J connectivity index is 2.05. The van der Waals surface area contributed by atoms with Crippen molar-refractivity contribution in [2.75, 3.05) is 26.9 Å². The second kappa shape index (κ2) is 8.28. The van der Waals surface area contributed by atoms with Crippen molar-refractivity contribution in [3.05, 3.63) is 29.8 Å². The molecule has 0 aromatic heterocycles. The standard InChI is InChI=1S/C17H27NO2/c1-3-10-18-16(15-8-6-11-20-13-15)12-14-7-4-5-9-17(14)19-2/h4-5,7,9,15-16,18H,3,6,8,10-13H2,1-2H3. The highest BCUT2D eigenvalue weighted by Crippen LogP contribution is 2.24. The molecule has 2 rings (SSSR count). The number of hydrogen-bond acceptors (Lipinski definition) is 3. The van der Waals surface area contributed by atoms with Gasteiger partial charge in [0.2, 0.25) is 0 Å². The molecule has 1 aromatic carbocycles. The fraction of sp³-hybridized carbons (Fsp3) is 0.647. The Morgan fingerprint density at radius 2 is 2.25 bits per heavy atom. The minimum absolute atomic E-state index is 0.478. The van der Waals surface area contributed by atoms with E-state index < -0.39 is 0 Å². The van der Waals surface area contributed by atoms with Crippen LogP contribution in [0.1, 0.15) is 31.7 Å². The highest BCUT2D eigenvalue weighted by atomic mass is 16.5. The number of nitrogens with one attached hydrogen (secondary N) is 1. The van der Waals surface area contributed by atoms with Crippen LogP contribution < -0.4 is 10.1 Å². The molecule has 0 bridgehead atoms. The zero-order chi connectivity index (χ0) is 14.2. The van der Waals surface area contributed by atoms with E-state index >= 15 is 0 Å². The Morgan fingerprint density at radius 1 is 1.40 bits per heavy atom. The van der Waals surface area contributed by atoms with E-state index in [0.717, 1.165) is 38.3 Å². The van der Waals surface area contributed by atoms with E-state index in [1.165, 1.54) is 18.4 Å². The van der Waals surface area contributed by atoms with Crippen molar-refractivity contribution in [1.29, 1.82) is 0 Å². The Labute approximate surface area is 122 Å². The van der Waals surface area contributed by atoms with Gasteiger partial charge in [-0.2, -0.15) is 0 Å². The van der Waals surface area contributed by atoms with Crippen LogP contribution >= 0.6 is 0 Å². The molecule has 1 aliphatic rings. The zero-order valence-electron chi connectivity index (χ0n) is 12.7. The molecule has 2 unspecified atom stereocenters. The maximum absolute atomic E-state index is 5.67. The largest absolute Gasteiger partial charge is 0.496 e. The Bertz CT molecular complexity index is 388. The molecule has 1 saturated heterocycles. The lowest BCUT2D eigenvalue weighted by atomic mass is 9.89. The van der Waals surface area contributed by atoms with Gasteiger partial charge in [-0.3, -0.25) is 0 Å². The van der Waals surface area contributed by atoms with E-state index in [1.807, 2.05) is 12.1 Å². The van der Waals surface area contributed by atoms with E-state index in [4.69, 9.17) is 9.47 Å². The smallest absolute Gasteiger partial charge is 0.122 e. The summed E-state index contributed by atoms with van der Waals surface area (Å²) < 4.78 is 11.1. The van der Waals surface area contributed by atoms with Crippen molar-refractivity contribution in [3.8, 4) is 5.75 Å². The molecule has 112 valence electrons. The molecule has 1 aromatic rings. The van der Waals surface area contributed by atoms with Crippen LogP contribution in [0.3, 0.4) is 0 Å². The fourth-order valence-electron chi connectivity index (χ4n) is 2.93. The van der Waals surface area contributed by atoms with Crippen LogP contribution in [0.25, 0.3) is 0 Å². The molecule has 1 fully saturated rings. The summed E-state index contributed by atoms with van der Waals surface area (Å²) in [6.45, 7) is 5.09. The zero-order valence-corrected chi connectivity index (χ0v) is 12.7. The topological polar surface area (TPSA) is 30.5 Å². The molecule has 0 radical (unpaired) electrons. The molecule has 0 spiro atoms. The van der Waals surface area contributed by atoms with E-state index in [2.05, 4.69) is 24.4 Å². The number of methoxy groups -OCH3 is 1. The first-order valence-electron chi connectivity index (χ1n) is 7.78. The minimum atomic E-state index is 0.478. The van der Waals surface area contributed by atoms with Crippen LogP contribution in [-0.4, -0.2) is 32.9 Å². The molecule has 0 amide bonds. The Morgan fingerprint density at radius 3 is 2.95 bits per heavy atom. The third kappa shape index (κ3) is 4.22. The summed E-state index contributed by atoms with van der Waals surface area (Å²) in [5, 5.41) is 3.70. The van der Waals surface area contributed by atoms with Crippen LogP contribution in [0, 0.1) is 5.92 Å². The molecule has 0 aliphatic carbocycles. The molecule has 1 aliphatic heterocycles. The van der Waals surface area contributed by atoms with Crippen molar-refractivity contribution in [2.45, 2.75) is 38.6 Å². The average Bonchev–Trinajstić information content (AvgIpc) is 2.52. The maximum atomic E-state index is 5.67. The number of rotatable bonds is 7. The van der Waals surface area contributed by atoms with E-state index in [-0.39, 0.29) is 0 Å². The van der Waals surface area contributed by atoms with Gasteiger partial charge in [-0.1, -0.05) is 25.1 Å². The number of benzene rings is 1. The van der Waals surface area contributed by atoms with Gasteiger partial charge in [-0.15, -0.1) is 0 Å². The Hall–Kier alpha value is -1.06. The van der Waals surface area contributed by atoms with Crippen molar-refractivity contribution in [2.24, 2.45) is 5.92 Å². The van der Waals surface area contributed by atoms with Crippen molar-refractivity contribution < 1.29 is 9.47 Å². The van der Waals surface area contributed by atoms with Crippen LogP contribution in [0.5, 0.6) is 5.75 Å². The quantitative estimate of drug-likeness (QED) is 0.831. The SMILES string of the molecule is CCCNC(Cc1ccccc1OC)C1CCCOC1. The molecule has 1 N–H and O–H groups in total. The molecule has 1 heterocycles. The lowest BCUT2D eigenvalue weighted by Gasteiger charge is -2.31. The normalized spacial score (nSPS) is 20.6. The summed E-state index contributed by atoms with van der Waals surface area (Å²) in [6, 6.07) is 8.81. The summed E-state index contributed by atoms with van der Waals surface area (Å²) in [5.74, 6) is 1.60. The van der Waals surface area contributed by atoms with E-state index in [9.17, 15) is 0 Å². The number of para-hydroxylation sites is 1. The molecule has 2 atom stereocenters. The first kappa shape index (κ1) is 15.3. The van der Waals surface area contributed by atoms with Crippen molar-refractivity contribution >= 4 is 0 Å². The number of ether oxygens (including phenoxy) is 2. The Kier molecular flexibility index (Phi) is 6.34. The van der Waals surface area contributed by atoms with Crippen molar-refractivity contribution in [1.82, 2.24) is 5.32 Å². The second-order valence-electron chi connectivity index (χ2n) is 5.55. The third-order valence-electron chi connectivity index (χ3n) is 4.05. The minimum Gasteiger partial charge on any atom is -0.496 e. The predicted molar refractivity (Wildman–Crippen MR) is 82.3 cm³/mol. The second-order valence-corrected chi connectivity index (χ2v) is 5.55. The summed E-state index contributed by atoms with van der Waals surface area (Å²) in [5.41, 5.74) is 1.29. The van der Waals surface area contributed by atoms with Gasteiger partial charge in [0.15, 0.2) is 0 Å². The van der Waals surface area contributed by atoms with Crippen LogP contribution in [0.4, 0.5) is 0 Å². The molecule has 20 heavy (non-hydrogen) atoms. The monoisotopic (exact) mass is 277 g/mol. The number of hydrogen-bond donors (Lipinski definition) is 1. The first-order chi connectivity index (χ1) is 9.85. The van der Waals surface area contributed by atoms with Crippen molar-refractivity contribution in [3.63, 3.8) is 0 Å². The highest BCUT2D eigenvalue weighted by molar-refractivity contribution is 5.34.